The van der Waals surface area contributed by atoms with Crippen molar-refractivity contribution in [2.75, 3.05) is 19.8 Å². The second kappa shape index (κ2) is 6.95. The third kappa shape index (κ3) is 3.19. The van der Waals surface area contributed by atoms with E-state index in [9.17, 15) is 0 Å². The first-order chi connectivity index (χ1) is 11.8. The molecule has 1 aromatic heterocycles. The molecule has 128 valence electrons. The van der Waals surface area contributed by atoms with E-state index in [-0.39, 0.29) is 6.04 Å². The lowest BCUT2D eigenvalue weighted by atomic mass is 9.91. The maximum absolute atomic E-state index is 5.60. The van der Waals surface area contributed by atoms with Gasteiger partial charge >= 0.3 is 0 Å². The van der Waals surface area contributed by atoms with Crippen LogP contribution >= 0.6 is 0 Å². The Labute approximate surface area is 143 Å². The number of nitrogens with one attached hydrogen (secondary N) is 1. The average molecular weight is 327 g/mol. The van der Waals surface area contributed by atoms with Crippen LogP contribution in [0.2, 0.25) is 0 Å². The molecule has 1 aromatic carbocycles. The quantitative estimate of drug-likeness (QED) is 0.917. The predicted molar refractivity (Wildman–Crippen MR) is 92.0 cm³/mol. The summed E-state index contributed by atoms with van der Waals surface area (Å²) in [6.45, 7) is 3.36. The fourth-order valence-corrected chi connectivity index (χ4v) is 3.77. The Bertz CT molecular complexity index is 692. The summed E-state index contributed by atoms with van der Waals surface area (Å²) in [5.41, 5.74) is 2.64. The number of imidazole rings is 1. The molecule has 2 aliphatic rings. The van der Waals surface area contributed by atoms with Crippen molar-refractivity contribution in [3.63, 3.8) is 0 Å². The Morgan fingerprint density at radius 2 is 2.17 bits per heavy atom. The molecule has 5 heteroatoms. The molecule has 1 N–H and O–H groups in total. The van der Waals surface area contributed by atoms with E-state index in [0.29, 0.717) is 5.92 Å². The van der Waals surface area contributed by atoms with Crippen LogP contribution in [0.1, 0.15) is 35.8 Å². The largest absolute Gasteiger partial charge is 0.493 e. The highest BCUT2D eigenvalue weighted by molar-refractivity contribution is 5.39. The molecule has 0 radical (unpaired) electrons. The molecule has 2 aromatic rings. The van der Waals surface area contributed by atoms with E-state index in [1.54, 1.807) is 0 Å². The fourth-order valence-electron chi connectivity index (χ4n) is 3.77. The molecule has 0 amide bonds. The minimum atomic E-state index is 0.262. The monoisotopic (exact) mass is 327 g/mol. The number of rotatable bonds is 5. The second-order valence-corrected chi connectivity index (χ2v) is 6.75. The first-order valence-electron chi connectivity index (χ1n) is 8.84. The Kier molecular flexibility index (Phi) is 4.54. The molecule has 5 nitrogen and oxygen atoms in total. The lowest BCUT2D eigenvalue weighted by Crippen LogP contribution is -2.33. The van der Waals surface area contributed by atoms with Crippen molar-refractivity contribution < 1.29 is 9.47 Å². The standard InChI is InChI=1S/C19H25N3O2/c1-22-8-7-20-19(22)18(15-4-9-23-10-5-15)21-13-14-2-3-17-16(12-14)6-11-24-17/h2-3,7-8,12,15,18,21H,4-6,9-11,13H2,1H3/t18-/m0/s1. The predicted octanol–water partition coefficient (Wildman–Crippen LogP) is 2.61. The second-order valence-electron chi connectivity index (χ2n) is 6.75. The minimum Gasteiger partial charge on any atom is -0.493 e. The summed E-state index contributed by atoms with van der Waals surface area (Å²) in [7, 11) is 2.07. The summed E-state index contributed by atoms with van der Waals surface area (Å²) < 4.78 is 13.3. The van der Waals surface area contributed by atoms with Crippen molar-refractivity contribution in [1.82, 2.24) is 14.9 Å². The van der Waals surface area contributed by atoms with Crippen molar-refractivity contribution in [2.45, 2.75) is 31.8 Å². The van der Waals surface area contributed by atoms with E-state index >= 15 is 0 Å². The summed E-state index contributed by atoms with van der Waals surface area (Å²) in [4.78, 5) is 4.60. The minimum absolute atomic E-state index is 0.262. The van der Waals surface area contributed by atoms with Crippen LogP contribution in [0.3, 0.4) is 0 Å². The van der Waals surface area contributed by atoms with Gasteiger partial charge in [0.1, 0.15) is 11.6 Å². The number of nitrogens with zero attached hydrogens (tertiary/aromatic N) is 2. The lowest BCUT2D eigenvalue weighted by molar-refractivity contribution is 0.0518. The number of benzene rings is 1. The van der Waals surface area contributed by atoms with Gasteiger partial charge in [0.2, 0.25) is 0 Å². The van der Waals surface area contributed by atoms with Gasteiger partial charge in [-0.1, -0.05) is 12.1 Å². The van der Waals surface area contributed by atoms with E-state index in [4.69, 9.17) is 9.47 Å². The molecule has 4 rings (SSSR count). The summed E-state index contributed by atoms with van der Waals surface area (Å²) in [6.07, 6.45) is 7.10. The van der Waals surface area contributed by atoms with Crippen molar-refractivity contribution in [1.29, 1.82) is 0 Å². The molecule has 1 atom stereocenters. The summed E-state index contributed by atoms with van der Waals surface area (Å²) >= 11 is 0. The molecular weight excluding hydrogens is 302 g/mol. The normalized spacial score (nSPS) is 19.0. The number of aromatic nitrogens is 2. The van der Waals surface area contributed by atoms with Gasteiger partial charge in [-0.3, -0.25) is 0 Å². The van der Waals surface area contributed by atoms with E-state index in [2.05, 4.69) is 40.1 Å². The van der Waals surface area contributed by atoms with Crippen LogP contribution in [0.4, 0.5) is 0 Å². The van der Waals surface area contributed by atoms with Gasteiger partial charge in [-0.2, -0.15) is 0 Å². The number of hydrogen-bond donors (Lipinski definition) is 1. The Morgan fingerprint density at radius 1 is 1.29 bits per heavy atom. The van der Waals surface area contributed by atoms with Crippen LogP contribution in [0.5, 0.6) is 5.75 Å². The van der Waals surface area contributed by atoms with Crippen LogP contribution in [0.15, 0.2) is 30.6 Å². The summed E-state index contributed by atoms with van der Waals surface area (Å²) in [6, 6.07) is 6.80. The molecular formula is C19H25N3O2. The molecule has 24 heavy (non-hydrogen) atoms. The highest BCUT2D eigenvalue weighted by Crippen LogP contribution is 2.30. The van der Waals surface area contributed by atoms with Gasteiger partial charge in [-0.15, -0.1) is 0 Å². The Hall–Kier alpha value is -1.85. The maximum Gasteiger partial charge on any atom is 0.125 e. The van der Waals surface area contributed by atoms with E-state index in [0.717, 1.165) is 57.2 Å². The molecule has 0 bridgehead atoms. The van der Waals surface area contributed by atoms with E-state index in [1.807, 2.05) is 12.4 Å². The van der Waals surface area contributed by atoms with Gasteiger partial charge in [0, 0.05) is 45.6 Å². The number of fused-ring (bicyclic) bond motifs is 1. The lowest BCUT2D eigenvalue weighted by Gasteiger charge is -2.30. The highest BCUT2D eigenvalue weighted by Gasteiger charge is 2.28. The van der Waals surface area contributed by atoms with Crippen LogP contribution in [0.25, 0.3) is 0 Å². The Balaban J connectivity index is 1.50. The van der Waals surface area contributed by atoms with E-state index in [1.165, 1.54) is 11.1 Å². The molecule has 0 aliphatic carbocycles. The number of hydrogen-bond acceptors (Lipinski definition) is 4. The molecule has 0 saturated carbocycles. The SMILES string of the molecule is Cn1ccnc1[C@@H](NCc1ccc2c(c1)CCO2)C1CCOCC1. The van der Waals surface area contributed by atoms with E-state index < -0.39 is 0 Å². The third-order valence-electron chi connectivity index (χ3n) is 5.15. The van der Waals surface area contributed by atoms with Crippen molar-refractivity contribution >= 4 is 0 Å². The zero-order chi connectivity index (χ0) is 16.4. The first kappa shape index (κ1) is 15.7. The van der Waals surface area contributed by atoms with Gasteiger partial charge < -0.3 is 19.4 Å². The fraction of sp³-hybridized carbons (Fsp3) is 0.526. The molecule has 1 saturated heterocycles. The third-order valence-corrected chi connectivity index (χ3v) is 5.15. The zero-order valence-corrected chi connectivity index (χ0v) is 14.2. The van der Waals surface area contributed by atoms with Gasteiger partial charge in [0.25, 0.3) is 0 Å². The van der Waals surface area contributed by atoms with Crippen LogP contribution in [-0.4, -0.2) is 29.4 Å². The van der Waals surface area contributed by atoms with Crippen molar-refractivity contribution in [3.8, 4) is 5.75 Å². The van der Waals surface area contributed by atoms with Crippen molar-refractivity contribution in [3.05, 3.63) is 47.5 Å². The molecule has 0 unspecified atom stereocenters. The van der Waals surface area contributed by atoms with Crippen LogP contribution in [-0.2, 0) is 24.8 Å². The number of aryl methyl sites for hydroxylation is 1. The van der Waals surface area contributed by atoms with Crippen LogP contribution < -0.4 is 10.1 Å². The smallest absolute Gasteiger partial charge is 0.125 e. The van der Waals surface area contributed by atoms with Gasteiger partial charge in [0.05, 0.1) is 12.6 Å². The highest BCUT2D eigenvalue weighted by atomic mass is 16.5. The molecule has 0 spiro atoms. The number of ether oxygens (including phenoxy) is 2. The summed E-state index contributed by atoms with van der Waals surface area (Å²) in [5, 5.41) is 3.76. The topological polar surface area (TPSA) is 48.3 Å². The Morgan fingerprint density at radius 3 is 2.96 bits per heavy atom. The summed E-state index contributed by atoms with van der Waals surface area (Å²) in [5.74, 6) is 2.73. The maximum atomic E-state index is 5.60. The van der Waals surface area contributed by atoms with Gasteiger partial charge in [0.15, 0.2) is 0 Å². The molecule has 3 heterocycles. The van der Waals surface area contributed by atoms with Crippen LogP contribution in [0, 0.1) is 5.92 Å². The molecule has 2 aliphatic heterocycles. The van der Waals surface area contributed by atoms with Gasteiger partial charge in [-0.05, 0) is 36.0 Å². The zero-order valence-electron chi connectivity index (χ0n) is 14.2. The van der Waals surface area contributed by atoms with Crippen molar-refractivity contribution in [2.24, 2.45) is 13.0 Å². The first-order valence-corrected chi connectivity index (χ1v) is 8.84. The van der Waals surface area contributed by atoms with Gasteiger partial charge in [-0.25, -0.2) is 4.98 Å². The molecule has 1 fully saturated rings. The average Bonchev–Trinajstić information content (AvgIpc) is 3.25.